The van der Waals surface area contributed by atoms with Gasteiger partial charge in [-0.3, -0.25) is 4.72 Å². The molecule has 0 aromatic heterocycles. The first-order valence-electron chi connectivity index (χ1n) is 6.73. The lowest BCUT2D eigenvalue weighted by atomic mass is 10.3. The van der Waals surface area contributed by atoms with Crippen LogP contribution in [0, 0.1) is 5.82 Å². The molecule has 2 aromatic rings. The number of hydrogen-bond acceptors (Lipinski definition) is 4. The van der Waals surface area contributed by atoms with Gasteiger partial charge in [0.25, 0.3) is 10.0 Å². The molecule has 0 saturated carbocycles. The van der Waals surface area contributed by atoms with Gasteiger partial charge in [-0.25, -0.2) is 12.8 Å². The molecule has 1 N–H and O–H groups in total. The molecule has 0 unspecified atom stereocenters. The van der Waals surface area contributed by atoms with Crippen LogP contribution in [0.4, 0.5) is 10.1 Å². The van der Waals surface area contributed by atoms with Gasteiger partial charge in [-0.1, -0.05) is 12.1 Å². The van der Waals surface area contributed by atoms with Gasteiger partial charge in [0.2, 0.25) is 0 Å². The number of hydrogen-bond donors (Lipinski definition) is 1. The molecule has 22 heavy (non-hydrogen) atoms. The number of nitrogens with one attached hydrogen (secondary N) is 1. The highest BCUT2D eigenvalue weighted by atomic mass is 32.2. The fourth-order valence-corrected chi connectivity index (χ4v) is 3.23. The van der Waals surface area contributed by atoms with E-state index in [2.05, 4.69) is 4.72 Å². The van der Waals surface area contributed by atoms with Gasteiger partial charge in [0.1, 0.15) is 10.7 Å². The quantitative estimate of drug-likeness (QED) is 0.943. The summed E-state index contributed by atoms with van der Waals surface area (Å²) in [6.45, 7) is 1.05. The molecule has 0 amide bonds. The second-order valence-corrected chi connectivity index (χ2v) is 6.40. The molecule has 3 rings (SSSR count). The van der Waals surface area contributed by atoms with Crippen molar-refractivity contribution in [3.05, 3.63) is 48.3 Å². The monoisotopic (exact) mass is 323 g/mol. The summed E-state index contributed by atoms with van der Waals surface area (Å²) >= 11 is 0. The van der Waals surface area contributed by atoms with Gasteiger partial charge in [0.15, 0.2) is 11.5 Å². The van der Waals surface area contributed by atoms with Crippen LogP contribution < -0.4 is 14.2 Å². The average molecular weight is 323 g/mol. The van der Waals surface area contributed by atoms with Crippen LogP contribution in [0.5, 0.6) is 11.5 Å². The Morgan fingerprint density at radius 3 is 2.50 bits per heavy atom. The lowest BCUT2D eigenvalue weighted by molar-refractivity contribution is 0.297. The SMILES string of the molecule is O=S(=O)(Nc1ccc2c(c1)OCCCO2)c1ccccc1F. The molecule has 1 heterocycles. The van der Waals surface area contributed by atoms with Gasteiger partial charge in [-0.05, 0) is 24.3 Å². The number of rotatable bonds is 3. The first kappa shape index (κ1) is 14.6. The van der Waals surface area contributed by atoms with E-state index in [4.69, 9.17) is 9.47 Å². The fourth-order valence-electron chi connectivity index (χ4n) is 2.10. The van der Waals surface area contributed by atoms with E-state index in [0.717, 1.165) is 12.5 Å². The Balaban J connectivity index is 1.90. The van der Waals surface area contributed by atoms with Crippen molar-refractivity contribution in [2.45, 2.75) is 11.3 Å². The minimum Gasteiger partial charge on any atom is -0.490 e. The highest BCUT2D eigenvalue weighted by molar-refractivity contribution is 7.92. The number of benzene rings is 2. The first-order chi connectivity index (χ1) is 10.6. The molecule has 2 aromatic carbocycles. The van der Waals surface area contributed by atoms with E-state index >= 15 is 0 Å². The first-order valence-corrected chi connectivity index (χ1v) is 8.21. The summed E-state index contributed by atoms with van der Waals surface area (Å²) in [5.41, 5.74) is 0.285. The van der Waals surface area contributed by atoms with Crippen LogP contribution in [0.15, 0.2) is 47.4 Å². The molecule has 7 heteroatoms. The van der Waals surface area contributed by atoms with Crippen molar-refractivity contribution in [2.75, 3.05) is 17.9 Å². The van der Waals surface area contributed by atoms with E-state index in [1.165, 1.54) is 24.3 Å². The zero-order valence-electron chi connectivity index (χ0n) is 11.6. The van der Waals surface area contributed by atoms with Crippen molar-refractivity contribution in [3.8, 4) is 11.5 Å². The van der Waals surface area contributed by atoms with Gasteiger partial charge in [0, 0.05) is 12.5 Å². The Labute approximate surface area is 127 Å². The fraction of sp³-hybridized carbons (Fsp3) is 0.200. The Bertz CT molecular complexity index is 792. The summed E-state index contributed by atoms with van der Waals surface area (Å²) in [5, 5.41) is 0. The predicted octanol–water partition coefficient (Wildman–Crippen LogP) is 2.79. The standard InChI is InChI=1S/C15H14FNO4S/c16-12-4-1-2-5-15(12)22(18,19)17-11-6-7-13-14(10-11)21-9-3-8-20-13/h1-2,4-7,10,17H,3,8-9H2. The van der Waals surface area contributed by atoms with E-state index in [9.17, 15) is 12.8 Å². The molecule has 0 saturated heterocycles. The van der Waals surface area contributed by atoms with Crippen LogP contribution in [0.1, 0.15) is 6.42 Å². The summed E-state index contributed by atoms with van der Waals surface area (Å²) < 4.78 is 51.4. The van der Waals surface area contributed by atoms with Crippen LogP contribution in [-0.2, 0) is 10.0 Å². The molecule has 0 fully saturated rings. The van der Waals surface area contributed by atoms with Crippen LogP contribution >= 0.6 is 0 Å². The summed E-state index contributed by atoms with van der Waals surface area (Å²) in [4.78, 5) is -0.401. The lowest BCUT2D eigenvalue weighted by Gasteiger charge is -2.12. The summed E-state index contributed by atoms with van der Waals surface area (Å²) in [7, 11) is -4.00. The van der Waals surface area contributed by atoms with Crippen molar-refractivity contribution >= 4 is 15.7 Å². The molecule has 5 nitrogen and oxygen atoms in total. The third-order valence-corrected chi connectivity index (χ3v) is 4.54. The number of ether oxygens (including phenoxy) is 2. The Hall–Kier alpha value is -2.28. The molecule has 1 aliphatic rings. The third kappa shape index (κ3) is 2.99. The van der Waals surface area contributed by atoms with Gasteiger partial charge in [0.05, 0.1) is 18.9 Å². The molecule has 1 aliphatic heterocycles. The smallest absolute Gasteiger partial charge is 0.264 e. The van der Waals surface area contributed by atoms with Crippen LogP contribution in [-0.4, -0.2) is 21.6 Å². The second kappa shape index (κ2) is 5.84. The average Bonchev–Trinajstić information content (AvgIpc) is 2.72. The van der Waals surface area contributed by atoms with Crippen molar-refractivity contribution in [1.82, 2.24) is 0 Å². The van der Waals surface area contributed by atoms with Gasteiger partial charge < -0.3 is 9.47 Å². The van der Waals surface area contributed by atoms with Crippen molar-refractivity contribution in [3.63, 3.8) is 0 Å². The maximum Gasteiger partial charge on any atom is 0.264 e. The maximum atomic E-state index is 13.7. The van der Waals surface area contributed by atoms with E-state index in [0.29, 0.717) is 24.7 Å². The molecule has 0 aliphatic carbocycles. The minimum atomic E-state index is -4.00. The molecule has 0 bridgehead atoms. The Morgan fingerprint density at radius 1 is 1.00 bits per heavy atom. The number of fused-ring (bicyclic) bond motifs is 1. The van der Waals surface area contributed by atoms with Crippen molar-refractivity contribution in [2.24, 2.45) is 0 Å². The zero-order valence-corrected chi connectivity index (χ0v) is 12.4. The topological polar surface area (TPSA) is 64.6 Å². The molecule has 116 valence electrons. The number of halogens is 1. The van der Waals surface area contributed by atoms with E-state index in [-0.39, 0.29) is 5.69 Å². The van der Waals surface area contributed by atoms with Crippen LogP contribution in [0.3, 0.4) is 0 Å². The minimum absolute atomic E-state index is 0.285. The zero-order chi connectivity index (χ0) is 15.6. The third-order valence-electron chi connectivity index (χ3n) is 3.13. The van der Waals surface area contributed by atoms with Crippen LogP contribution in [0.2, 0.25) is 0 Å². The summed E-state index contributed by atoms with van der Waals surface area (Å²) in [5.74, 6) is 0.224. The maximum absolute atomic E-state index is 13.7. The van der Waals surface area contributed by atoms with Crippen LogP contribution in [0.25, 0.3) is 0 Å². The lowest BCUT2D eigenvalue weighted by Crippen LogP contribution is -2.14. The number of sulfonamides is 1. The molecule has 0 atom stereocenters. The van der Waals surface area contributed by atoms with Gasteiger partial charge >= 0.3 is 0 Å². The van der Waals surface area contributed by atoms with E-state index < -0.39 is 20.7 Å². The second-order valence-electron chi connectivity index (χ2n) is 4.75. The molecule has 0 spiro atoms. The molecular weight excluding hydrogens is 309 g/mol. The molecular formula is C15H14FNO4S. The summed E-state index contributed by atoms with van der Waals surface area (Å²) in [6.07, 6.45) is 0.755. The van der Waals surface area contributed by atoms with E-state index in [1.807, 2.05) is 0 Å². The largest absolute Gasteiger partial charge is 0.490 e. The van der Waals surface area contributed by atoms with Crippen molar-refractivity contribution in [1.29, 1.82) is 0 Å². The molecule has 0 radical (unpaired) electrons. The van der Waals surface area contributed by atoms with Crippen molar-refractivity contribution < 1.29 is 22.3 Å². The highest BCUT2D eigenvalue weighted by Crippen LogP contribution is 2.33. The summed E-state index contributed by atoms with van der Waals surface area (Å²) in [6, 6.07) is 9.90. The predicted molar refractivity (Wildman–Crippen MR) is 79.3 cm³/mol. The highest BCUT2D eigenvalue weighted by Gasteiger charge is 2.19. The normalized spacial score (nSPS) is 14.2. The number of anilines is 1. The Kier molecular flexibility index (Phi) is 3.89. The van der Waals surface area contributed by atoms with Gasteiger partial charge in [-0.15, -0.1) is 0 Å². The van der Waals surface area contributed by atoms with E-state index in [1.54, 1.807) is 12.1 Å². The van der Waals surface area contributed by atoms with Gasteiger partial charge in [-0.2, -0.15) is 0 Å². The Morgan fingerprint density at radius 2 is 1.73 bits per heavy atom.